The summed E-state index contributed by atoms with van der Waals surface area (Å²) in [6.07, 6.45) is -2.80. The zero-order valence-corrected chi connectivity index (χ0v) is 5.89. The minimum atomic E-state index is -2.80. The van der Waals surface area contributed by atoms with Crippen LogP contribution in [0.3, 0.4) is 0 Å². The molecule has 0 fully saturated rings. The number of pyridine rings is 1. The molecule has 0 unspecified atom stereocenters. The van der Waals surface area contributed by atoms with Gasteiger partial charge in [0.2, 0.25) is 0 Å². The molecule has 66 valence electrons. The summed E-state index contributed by atoms with van der Waals surface area (Å²) in [5.41, 5.74) is 8.95. The van der Waals surface area contributed by atoms with E-state index in [0.29, 0.717) is 0 Å². The topological polar surface area (TPSA) is 64.9 Å². The van der Waals surface area contributed by atoms with Crippen LogP contribution in [0.4, 0.5) is 24.7 Å². The van der Waals surface area contributed by atoms with Crippen molar-refractivity contribution >= 4 is 11.5 Å². The fourth-order valence-electron chi connectivity index (χ4n) is 0.703. The SMILES string of the molecule is Nc1cc(C(F)F)nc(N)c1F. The van der Waals surface area contributed by atoms with Gasteiger partial charge >= 0.3 is 0 Å². The minimum absolute atomic E-state index is 0.419. The molecule has 1 aromatic heterocycles. The first-order valence-electron chi connectivity index (χ1n) is 3.02. The molecule has 6 heteroatoms. The highest BCUT2D eigenvalue weighted by atomic mass is 19.3. The molecular formula is C6H6F3N3. The van der Waals surface area contributed by atoms with Crippen molar-refractivity contribution in [1.29, 1.82) is 0 Å². The van der Waals surface area contributed by atoms with Crippen molar-refractivity contribution in [2.45, 2.75) is 6.43 Å². The summed E-state index contributed by atoms with van der Waals surface area (Å²) in [4.78, 5) is 3.11. The van der Waals surface area contributed by atoms with Crippen LogP contribution in [0.5, 0.6) is 0 Å². The second-order valence-corrected chi connectivity index (χ2v) is 2.14. The maximum Gasteiger partial charge on any atom is 0.280 e. The van der Waals surface area contributed by atoms with E-state index in [-0.39, 0.29) is 0 Å². The zero-order valence-electron chi connectivity index (χ0n) is 5.89. The number of alkyl halides is 2. The molecule has 0 aromatic carbocycles. The van der Waals surface area contributed by atoms with Crippen LogP contribution < -0.4 is 11.5 Å². The molecular weight excluding hydrogens is 171 g/mol. The monoisotopic (exact) mass is 177 g/mol. The van der Waals surface area contributed by atoms with E-state index in [4.69, 9.17) is 11.5 Å². The summed E-state index contributed by atoms with van der Waals surface area (Å²) in [5.74, 6) is -1.57. The lowest BCUT2D eigenvalue weighted by molar-refractivity contribution is 0.146. The number of hydrogen-bond donors (Lipinski definition) is 2. The summed E-state index contributed by atoms with van der Waals surface area (Å²) in [5, 5.41) is 0. The number of nitrogens with two attached hydrogens (primary N) is 2. The van der Waals surface area contributed by atoms with Gasteiger partial charge in [-0.2, -0.15) is 0 Å². The first-order chi connectivity index (χ1) is 5.52. The number of nitrogen functional groups attached to an aromatic ring is 2. The summed E-state index contributed by atoms with van der Waals surface area (Å²) in [7, 11) is 0. The van der Waals surface area contributed by atoms with Crippen molar-refractivity contribution in [3.8, 4) is 0 Å². The van der Waals surface area contributed by atoms with E-state index in [1.807, 2.05) is 0 Å². The van der Waals surface area contributed by atoms with E-state index in [9.17, 15) is 13.2 Å². The Hall–Kier alpha value is -1.46. The lowest BCUT2D eigenvalue weighted by atomic mass is 10.3. The Balaban J connectivity index is 3.21. The first kappa shape index (κ1) is 8.63. The fraction of sp³-hybridized carbons (Fsp3) is 0.167. The molecule has 0 aliphatic carbocycles. The molecule has 0 atom stereocenters. The largest absolute Gasteiger partial charge is 0.396 e. The average molecular weight is 177 g/mol. The fourth-order valence-corrected chi connectivity index (χ4v) is 0.703. The third-order valence-electron chi connectivity index (χ3n) is 1.25. The summed E-state index contributed by atoms with van der Waals surface area (Å²) in [6.45, 7) is 0. The molecule has 0 amide bonds. The van der Waals surface area contributed by atoms with E-state index in [0.717, 1.165) is 6.07 Å². The van der Waals surface area contributed by atoms with Crippen molar-refractivity contribution in [1.82, 2.24) is 4.98 Å². The van der Waals surface area contributed by atoms with Crippen LogP contribution in [0.2, 0.25) is 0 Å². The maximum absolute atomic E-state index is 12.6. The van der Waals surface area contributed by atoms with Crippen molar-refractivity contribution in [2.75, 3.05) is 11.5 Å². The van der Waals surface area contributed by atoms with Gasteiger partial charge in [0.15, 0.2) is 11.6 Å². The van der Waals surface area contributed by atoms with Gasteiger partial charge in [-0.3, -0.25) is 0 Å². The maximum atomic E-state index is 12.6. The molecule has 0 saturated carbocycles. The summed E-state index contributed by atoms with van der Waals surface area (Å²) in [6, 6.07) is 0.760. The minimum Gasteiger partial charge on any atom is -0.396 e. The van der Waals surface area contributed by atoms with Crippen LogP contribution in [-0.4, -0.2) is 4.98 Å². The molecule has 0 aliphatic rings. The zero-order chi connectivity index (χ0) is 9.30. The predicted molar refractivity (Wildman–Crippen MR) is 38.0 cm³/mol. The van der Waals surface area contributed by atoms with Crippen molar-refractivity contribution in [3.05, 3.63) is 17.6 Å². The highest BCUT2D eigenvalue weighted by Gasteiger charge is 2.13. The molecule has 0 bridgehead atoms. The van der Waals surface area contributed by atoms with E-state index < -0.39 is 29.4 Å². The Morgan fingerprint density at radius 1 is 1.33 bits per heavy atom. The van der Waals surface area contributed by atoms with Crippen molar-refractivity contribution in [2.24, 2.45) is 0 Å². The second kappa shape index (κ2) is 2.88. The number of aromatic nitrogens is 1. The highest BCUT2D eigenvalue weighted by Crippen LogP contribution is 2.23. The molecule has 0 spiro atoms. The Bertz CT molecular complexity index is 277. The Morgan fingerprint density at radius 3 is 2.33 bits per heavy atom. The Labute approximate surface area is 66.2 Å². The van der Waals surface area contributed by atoms with Gasteiger partial charge in [0.25, 0.3) is 6.43 Å². The molecule has 1 aromatic rings. The first-order valence-corrected chi connectivity index (χ1v) is 3.02. The molecule has 1 rings (SSSR count). The van der Waals surface area contributed by atoms with Crippen LogP contribution in [0.15, 0.2) is 6.07 Å². The standard InChI is InChI=1S/C6H6F3N3/c7-4-2(10)1-3(5(8)9)12-6(4)11/h1,5H,(H4,10,11,12). The Morgan fingerprint density at radius 2 is 1.92 bits per heavy atom. The second-order valence-electron chi connectivity index (χ2n) is 2.14. The van der Waals surface area contributed by atoms with Gasteiger partial charge in [-0.15, -0.1) is 0 Å². The molecule has 4 N–H and O–H groups in total. The molecule has 1 heterocycles. The van der Waals surface area contributed by atoms with E-state index in [1.54, 1.807) is 0 Å². The van der Waals surface area contributed by atoms with Crippen molar-refractivity contribution in [3.63, 3.8) is 0 Å². The van der Waals surface area contributed by atoms with Gasteiger partial charge < -0.3 is 11.5 Å². The molecule has 0 saturated heterocycles. The van der Waals surface area contributed by atoms with E-state index in [1.165, 1.54) is 0 Å². The number of hydrogen-bond acceptors (Lipinski definition) is 3. The van der Waals surface area contributed by atoms with Crippen LogP contribution in [-0.2, 0) is 0 Å². The third-order valence-corrected chi connectivity index (χ3v) is 1.25. The molecule has 12 heavy (non-hydrogen) atoms. The Kier molecular flexibility index (Phi) is 2.07. The van der Waals surface area contributed by atoms with Crippen LogP contribution >= 0.6 is 0 Å². The van der Waals surface area contributed by atoms with Gasteiger partial charge in [-0.25, -0.2) is 18.2 Å². The average Bonchev–Trinajstić information content (AvgIpc) is 1.99. The van der Waals surface area contributed by atoms with Crippen LogP contribution in [0.1, 0.15) is 12.1 Å². The number of rotatable bonds is 1. The molecule has 0 radical (unpaired) electrons. The normalized spacial score (nSPS) is 10.7. The molecule has 0 aliphatic heterocycles. The highest BCUT2D eigenvalue weighted by molar-refractivity contribution is 5.50. The third kappa shape index (κ3) is 1.41. The van der Waals surface area contributed by atoms with E-state index >= 15 is 0 Å². The van der Waals surface area contributed by atoms with Crippen LogP contribution in [0.25, 0.3) is 0 Å². The predicted octanol–water partition coefficient (Wildman–Crippen LogP) is 1.32. The van der Waals surface area contributed by atoms with Gasteiger partial charge in [0, 0.05) is 0 Å². The van der Waals surface area contributed by atoms with Crippen LogP contribution in [0, 0.1) is 5.82 Å². The number of halogens is 3. The smallest absolute Gasteiger partial charge is 0.280 e. The summed E-state index contributed by atoms with van der Waals surface area (Å²) < 4.78 is 36.5. The quantitative estimate of drug-likeness (QED) is 0.679. The van der Waals surface area contributed by atoms with Gasteiger partial charge in [-0.05, 0) is 6.07 Å². The van der Waals surface area contributed by atoms with E-state index in [2.05, 4.69) is 4.98 Å². The van der Waals surface area contributed by atoms with Gasteiger partial charge in [0.05, 0.1) is 5.69 Å². The summed E-state index contributed by atoms with van der Waals surface area (Å²) >= 11 is 0. The lowest BCUT2D eigenvalue weighted by Gasteiger charge is -2.03. The number of nitrogens with zero attached hydrogens (tertiary/aromatic N) is 1. The van der Waals surface area contributed by atoms with Crippen molar-refractivity contribution < 1.29 is 13.2 Å². The number of anilines is 2. The molecule has 3 nitrogen and oxygen atoms in total. The van der Waals surface area contributed by atoms with Gasteiger partial charge in [0.1, 0.15) is 5.69 Å². The lowest BCUT2D eigenvalue weighted by Crippen LogP contribution is -2.03. The van der Waals surface area contributed by atoms with Gasteiger partial charge in [-0.1, -0.05) is 0 Å².